The van der Waals surface area contributed by atoms with Crippen molar-refractivity contribution in [2.24, 2.45) is 0 Å². The third kappa shape index (κ3) is 1.45. The molecular weight excluding hydrogens is 186 g/mol. The van der Waals surface area contributed by atoms with Crippen LogP contribution < -0.4 is 0 Å². The summed E-state index contributed by atoms with van der Waals surface area (Å²) in [4.78, 5) is -0.604. The van der Waals surface area contributed by atoms with Gasteiger partial charge >= 0.3 is 0 Å². The van der Waals surface area contributed by atoms with E-state index in [4.69, 9.17) is 0 Å². The van der Waals surface area contributed by atoms with E-state index < -0.39 is 27.2 Å². The molecule has 1 rings (SSSR count). The van der Waals surface area contributed by atoms with Crippen LogP contribution in [0.2, 0.25) is 0 Å². The van der Waals surface area contributed by atoms with Crippen molar-refractivity contribution in [3.63, 3.8) is 0 Å². The zero-order valence-corrected chi connectivity index (χ0v) is 7.07. The lowest BCUT2D eigenvalue weighted by Crippen LogP contribution is -1.94. The van der Waals surface area contributed by atoms with Crippen molar-refractivity contribution >= 4 is 10.7 Å². The Bertz CT molecular complexity index is 377. The molecule has 0 atom stereocenters. The van der Waals surface area contributed by atoms with Gasteiger partial charge in [-0.1, -0.05) is 6.07 Å². The molecule has 1 aromatic rings. The van der Waals surface area contributed by atoms with E-state index in [1.807, 2.05) is 0 Å². The number of benzene rings is 1. The molecule has 5 heteroatoms. The summed E-state index contributed by atoms with van der Waals surface area (Å²) in [5.74, 6) is -2.40. The van der Waals surface area contributed by atoms with Crippen molar-refractivity contribution in [3.05, 3.63) is 29.3 Å². The van der Waals surface area contributed by atoms with Crippen LogP contribution in [0.25, 0.3) is 0 Å². The third-order valence-corrected chi connectivity index (χ3v) is 2.19. The lowest BCUT2D eigenvalue weighted by atomic mass is 10.2. The second-order valence-electron chi connectivity index (χ2n) is 2.29. The number of rotatable bonds is 1. The molecule has 0 aliphatic heterocycles. The van der Waals surface area contributed by atoms with Gasteiger partial charge in [0.1, 0.15) is 4.90 Å². The second-order valence-corrected chi connectivity index (χ2v) is 3.28. The number of hydrogen-bond acceptors (Lipinski definition) is 2. The molecule has 0 unspecified atom stereocenters. The first-order valence-electron chi connectivity index (χ1n) is 3.13. The van der Waals surface area contributed by atoms with Gasteiger partial charge in [-0.3, -0.25) is 0 Å². The summed E-state index contributed by atoms with van der Waals surface area (Å²) in [6.07, 6.45) is 0. The Morgan fingerprint density at radius 1 is 1.17 bits per heavy atom. The van der Waals surface area contributed by atoms with Crippen LogP contribution in [0.15, 0.2) is 17.0 Å². The van der Waals surface area contributed by atoms with Crippen LogP contribution in [0.1, 0.15) is 5.56 Å². The smallest absolute Gasteiger partial charge is 0.177 e. The number of thiol groups is 1. The Morgan fingerprint density at radius 3 is 2.25 bits per heavy atom. The standard InChI is InChI=1S/C7H6F2O2S/c1-4-2-3-5(12(10)11)7(9)6(4)8/h2-3,12H,1H3. The molecular formula is C7H6F2O2S. The van der Waals surface area contributed by atoms with Gasteiger partial charge in [0.15, 0.2) is 22.3 Å². The van der Waals surface area contributed by atoms with Crippen LogP contribution in [0.3, 0.4) is 0 Å². The van der Waals surface area contributed by atoms with E-state index in [1.165, 1.54) is 13.0 Å². The van der Waals surface area contributed by atoms with E-state index in [-0.39, 0.29) is 5.56 Å². The van der Waals surface area contributed by atoms with Gasteiger partial charge in [-0.2, -0.15) is 0 Å². The van der Waals surface area contributed by atoms with Crippen molar-refractivity contribution in [2.45, 2.75) is 11.8 Å². The minimum atomic E-state index is -3.06. The largest absolute Gasteiger partial charge is 0.227 e. The summed E-state index contributed by atoms with van der Waals surface area (Å²) in [6, 6.07) is 2.26. The summed E-state index contributed by atoms with van der Waals surface area (Å²) in [7, 11) is -3.06. The fourth-order valence-electron chi connectivity index (χ4n) is 0.777. The van der Waals surface area contributed by atoms with Crippen molar-refractivity contribution in [1.82, 2.24) is 0 Å². The molecule has 0 aliphatic carbocycles. The maximum atomic E-state index is 12.8. The predicted octanol–water partition coefficient (Wildman–Crippen LogP) is 1.24. The molecule has 2 nitrogen and oxygen atoms in total. The van der Waals surface area contributed by atoms with Gasteiger partial charge in [0, 0.05) is 0 Å². The Hall–Kier alpha value is -0.970. The SMILES string of the molecule is Cc1ccc([SH](=O)=O)c(F)c1F. The molecule has 0 aliphatic rings. The normalized spacial score (nSPS) is 10.7. The van der Waals surface area contributed by atoms with Crippen LogP contribution in [0.4, 0.5) is 8.78 Å². The predicted molar refractivity (Wildman–Crippen MR) is 39.7 cm³/mol. The van der Waals surface area contributed by atoms with Crippen molar-refractivity contribution in [1.29, 1.82) is 0 Å². The van der Waals surface area contributed by atoms with Gasteiger partial charge in [0.25, 0.3) is 0 Å². The van der Waals surface area contributed by atoms with Gasteiger partial charge in [-0.15, -0.1) is 0 Å². The van der Waals surface area contributed by atoms with Gasteiger partial charge in [0.2, 0.25) is 0 Å². The monoisotopic (exact) mass is 192 g/mol. The molecule has 0 spiro atoms. The lowest BCUT2D eigenvalue weighted by Gasteiger charge is -1.98. The van der Waals surface area contributed by atoms with Gasteiger partial charge < -0.3 is 0 Å². The van der Waals surface area contributed by atoms with Crippen molar-refractivity contribution < 1.29 is 17.2 Å². The third-order valence-electron chi connectivity index (χ3n) is 1.45. The molecule has 66 valence electrons. The fraction of sp³-hybridized carbons (Fsp3) is 0.143. The Kier molecular flexibility index (Phi) is 2.42. The highest BCUT2D eigenvalue weighted by molar-refractivity contribution is 7.72. The molecule has 0 saturated heterocycles. The number of hydrogen-bond donors (Lipinski definition) is 1. The molecule has 0 amide bonds. The first-order valence-corrected chi connectivity index (χ1v) is 4.30. The van der Waals surface area contributed by atoms with Crippen LogP contribution in [0, 0.1) is 18.6 Å². The molecule has 0 fully saturated rings. The van der Waals surface area contributed by atoms with E-state index >= 15 is 0 Å². The van der Waals surface area contributed by atoms with Crippen molar-refractivity contribution in [3.8, 4) is 0 Å². The van der Waals surface area contributed by atoms with Crippen LogP contribution >= 0.6 is 0 Å². The minimum absolute atomic E-state index is 0.0908. The Balaban J connectivity index is 3.46. The average molecular weight is 192 g/mol. The summed E-state index contributed by atoms with van der Waals surface area (Å²) in [5.41, 5.74) is 0.0908. The van der Waals surface area contributed by atoms with Crippen LogP contribution in [-0.4, -0.2) is 8.42 Å². The highest BCUT2D eigenvalue weighted by Gasteiger charge is 2.11. The van der Waals surface area contributed by atoms with Crippen molar-refractivity contribution in [2.75, 3.05) is 0 Å². The van der Waals surface area contributed by atoms with Crippen LogP contribution in [-0.2, 0) is 10.7 Å². The number of aryl methyl sites for hydroxylation is 1. The molecule has 12 heavy (non-hydrogen) atoms. The first kappa shape index (κ1) is 9.12. The highest BCUT2D eigenvalue weighted by atomic mass is 32.2. The highest BCUT2D eigenvalue weighted by Crippen LogP contribution is 2.16. The van der Waals surface area contributed by atoms with E-state index in [0.717, 1.165) is 6.07 Å². The Morgan fingerprint density at radius 2 is 1.75 bits per heavy atom. The zero-order chi connectivity index (χ0) is 9.30. The quantitative estimate of drug-likeness (QED) is 0.679. The van der Waals surface area contributed by atoms with E-state index in [0.29, 0.717) is 0 Å². The molecule has 0 aromatic heterocycles. The summed E-state index contributed by atoms with van der Waals surface area (Å²) in [6.45, 7) is 1.36. The fourth-order valence-corrected chi connectivity index (χ4v) is 1.23. The molecule has 0 heterocycles. The lowest BCUT2D eigenvalue weighted by molar-refractivity contribution is 0.482. The van der Waals surface area contributed by atoms with Gasteiger partial charge in [-0.25, -0.2) is 17.2 Å². The average Bonchev–Trinajstić information content (AvgIpc) is 2.00. The Labute approximate surface area is 69.8 Å². The summed E-state index contributed by atoms with van der Waals surface area (Å²) >= 11 is 0. The maximum absolute atomic E-state index is 12.8. The number of halogens is 2. The van der Waals surface area contributed by atoms with E-state index in [9.17, 15) is 17.2 Å². The minimum Gasteiger partial charge on any atom is -0.227 e. The molecule has 0 saturated carbocycles. The zero-order valence-electron chi connectivity index (χ0n) is 6.17. The second kappa shape index (κ2) is 3.18. The molecule has 1 aromatic carbocycles. The summed E-state index contributed by atoms with van der Waals surface area (Å²) in [5, 5.41) is 0. The molecule has 0 N–H and O–H groups in total. The topological polar surface area (TPSA) is 34.1 Å². The molecule has 0 radical (unpaired) electrons. The van der Waals surface area contributed by atoms with Crippen LogP contribution in [0.5, 0.6) is 0 Å². The van der Waals surface area contributed by atoms with Gasteiger partial charge in [0.05, 0.1) is 0 Å². The van der Waals surface area contributed by atoms with E-state index in [2.05, 4.69) is 0 Å². The molecule has 0 bridgehead atoms. The summed E-state index contributed by atoms with van der Waals surface area (Å²) < 4.78 is 46.1. The van der Waals surface area contributed by atoms with Gasteiger partial charge in [-0.05, 0) is 18.6 Å². The van der Waals surface area contributed by atoms with E-state index in [1.54, 1.807) is 0 Å². The first-order chi connectivity index (χ1) is 5.54. The maximum Gasteiger partial charge on any atom is 0.177 e.